The molecule has 0 radical (unpaired) electrons. The molecule has 106 valence electrons. The molecule has 0 saturated heterocycles. The largest absolute Gasteiger partial charge is 0.389 e. The van der Waals surface area contributed by atoms with E-state index in [9.17, 15) is 18.0 Å². The Morgan fingerprint density at radius 1 is 1.26 bits per heavy atom. The summed E-state index contributed by atoms with van der Waals surface area (Å²) in [6, 6.07) is 6.94. The first kappa shape index (κ1) is 15.5. The lowest BCUT2D eigenvalue weighted by Crippen LogP contribution is -2.26. The van der Waals surface area contributed by atoms with Crippen molar-refractivity contribution in [1.29, 1.82) is 0 Å². The lowest BCUT2D eigenvalue weighted by molar-refractivity contribution is -0.135. The summed E-state index contributed by atoms with van der Waals surface area (Å²) in [5.74, 6) is -0.355. The van der Waals surface area contributed by atoms with Gasteiger partial charge in [-0.05, 0) is 31.0 Å². The van der Waals surface area contributed by atoms with Crippen LogP contribution in [0.1, 0.15) is 28.8 Å². The predicted octanol–water partition coefficient (Wildman–Crippen LogP) is 2.26. The van der Waals surface area contributed by atoms with Crippen molar-refractivity contribution in [1.82, 2.24) is 5.32 Å². The van der Waals surface area contributed by atoms with Crippen LogP contribution >= 0.6 is 0 Å². The highest BCUT2D eigenvalue weighted by molar-refractivity contribution is 5.95. The average Bonchev–Trinajstić information content (AvgIpc) is 2.34. The van der Waals surface area contributed by atoms with Gasteiger partial charge in [-0.15, -0.1) is 0 Å². The second-order valence-electron chi connectivity index (χ2n) is 4.17. The molecule has 0 aliphatic carbocycles. The highest BCUT2D eigenvalue weighted by atomic mass is 19.4. The number of rotatable bonds is 6. The van der Waals surface area contributed by atoms with Crippen LogP contribution in [0.25, 0.3) is 0 Å². The van der Waals surface area contributed by atoms with Crippen molar-refractivity contribution in [3.63, 3.8) is 0 Å². The van der Waals surface area contributed by atoms with Gasteiger partial charge in [-0.2, -0.15) is 13.2 Å². The van der Waals surface area contributed by atoms with Crippen LogP contribution in [0.2, 0.25) is 0 Å². The topological polar surface area (TPSA) is 55.1 Å². The zero-order valence-corrected chi connectivity index (χ0v) is 10.5. The van der Waals surface area contributed by atoms with Gasteiger partial charge < -0.3 is 11.1 Å². The van der Waals surface area contributed by atoms with Gasteiger partial charge in [-0.3, -0.25) is 4.79 Å². The smallest absolute Gasteiger partial charge is 0.352 e. The normalized spacial score (nSPS) is 11.4. The molecule has 1 aromatic carbocycles. The zero-order chi connectivity index (χ0) is 14.3. The van der Waals surface area contributed by atoms with E-state index in [-0.39, 0.29) is 18.9 Å². The molecular weight excluding hydrogens is 257 g/mol. The average molecular weight is 274 g/mol. The summed E-state index contributed by atoms with van der Waals surface area (Å²) in [6.45, 7) is 0.424. The Morgan fingerprint density at radius 2 is 1.95 bits per heavy atom. The van der Waals surface area contributed by atoms with Crippen molar-refractivity contribution in [3.8, 4) is 0 Å². The molecule has 0 aliphatic rings. The molecule has 1 aromatic rings. The predicted molar refractivity (Wildman–Crippen MR) is 66.8 cm³/mol. The standard InChI is InChI=1S/C13H17F3N2O/c14-13(15,16)7-3-9-18-12(19)11-5-2-1-4-10(11)6-8-17/h1-2,4-5H,3,6-9,17H2,(H,18,19). The maximum atomic E-state index is 11.9. The molecule has 0 aliphatic heterocycles. The van der Waals surface area contributed by atoms with Gasteiger partial charge in [0.2, 0.25) is 0 Å². The highest BCUT2D eigenvalue weighted by Crippen LogP contribution is 2.20. The van der Waals surface area contributed by atoms with Crippen LogP contribution in [0.15, 0.2) is 24.3 Å². The summed E-state index contributed by atoms with van der Waals surface area (Å²) in [6.07, 6.45) is -4.62. The number of amides is 1. The van der Waals surface area contributed by atoms with Crippen LogP contribution in [0, 0.1) is 0 Å². The Balaban J connectivity index is 2.49. The third kappa shape index (κ3) is 5.74. The molecule has 0 heterocycles. The molecular formula is C13H17F3N2O. The third-order valence-corrected chi connectivity index (χ3v) is 2.60. The molecule has 0 saturated carbocycles. The van der Waals surface area contributed by atoms with Crippen molar-refractivity contribution in [3.05, 3.63) is 35.4 Å². The van der Waals surface area contributed by atoms with Gasteiger partial charge >= 0.3 is 6.18 Å². The van der Waals surface area contributed by atoms with Gasteiger partial charge in [0.05, 0.1) is 0 Å². The fraction of sp³-hybridized carbons (Fsp3) is 0.462. The first-order chi connectivity index (χ1) is 8.94. The summed E-state index contributed by atoms with van der Waals surface area (Å²) in [4.78, 5) is 11.8. The molecule has 0 fully saturated rings. The number of carbonyl (C=O) groups is 1. The lowest BCUT2D eigenvalue weighted by atomic mass is 10.0. The Bertz CT molecular complexity index is 419. The number of carbonyl (C=O) groups excluding carboxylic acids is 1. The number of nitrogens with one attached hydrogen (secondary N) is 1. The molecule has 0 aromatic heterocycles. The molecule has 1 rings (SSSR count). The van der Waals surface area contributed by atoms with E-state index in [4.69, 9.17) is 5.73 Å². The van der Waals surface area contributed by atoms with E-state index in [0.717, 1.165) is 5.56 Å². The number of halogens is 3. The summed E-state index contributed by atoms with van der Waals surface area (Å²) in [5, 5.41) is 2.49. The Morgan fingerprint density at radius 3 is 2.58 bits per heavy atom. The second-order valence-corrected chi connectivity index (χ2v) is 4.17. The zero-order valence-electron chi connectivity index (χ0n) is 10.5. The fourth-order valence-electron chi connectivity index (χ4n) is 1.70. The van der Waals surface area contributed by atoms with Crippen molar-refractivity contribution < 1.29 is 18.0 Å². The van der Waals surface area contributed by atoms with E-state index in [2.05, 4.69) is 5.32 Å². The number of hydrogen-bond donors (Lipinski definition) is 2. The minimum absolute atomic E-state index is 0.00923. The minimum Gasteiger partial charge on any atom is -0.352 e. The first-order valence-electron chi connectivity index (χ1n) is 6.07. The fourth-order valence-corrected chi connectivity index (χ4v) is 1.70. The van der Waals surface area contributed by atoms with Crippen molar-refractivity contribution in [2.24, 2.45) is 5.73 Å². The number of benzene rings is 1. The van der Waals surface area contributed by atoms with Gasteiger partial charge in [0, 0.05) is 18.5 Å². The number of nitrogens with two attached hydrogens (primary N) is 1. The van der Waals surface area contributed by atoms with Gasteiger partial charge in [0.15, 0.2) is 0 Å². The molecule has 0 spiro atoms. The Kier molecular flexibility index (Phi) is 5.82. The summed E-state index contributed by atoms with van der Waals surface area (Å²) in [7, 11) is 0. The van der Waals surface area contributed by atoms with E-state index in [1.165, 1.54) is 0 Å². The maximum Gasteiger partial charge on any atom is 0.389 e. The van der Waals surface area contributed by atoms with Crippen LogP contribution in [-0.4, -0.2) is 25.2 Å². The van der Waals surface area contributed by atoms with Crippen LogP contribution in [0.5, 0.6) is 0 Å². The summed E-state index contributed by atoms with van der Waals surface area (Å²) < 4.78 is 35.8. The van der Waals surface area contributed by atoms with E-state index >= 15 is 0 Å². The second kappa shape index (κ2) is 7.13. The quantitative estimate of drug-likeness (QED) is 0.782. The molecule has 3 N–H and O–H groups in total. The van der Waals surface area contributed by atoms with Gasteiger partial charge in [0.25, 0.3) is 5.91 Å². The van der Waals surface area contributed by atoms with Crippen molar-refractivity contribution >= 4 is 5.91 Å². The van der Waals surface area contributed by atoms with Gasteiger partial charge in [-0.1, -0.05) is 18.2 Å². The van der Waals surface area contributed by atoms with E-state index < -0.39 is 12.6 Å². The molecule has 0 bridgehead atoms. The monoisotopic (exact) mass is 274 g/mol. The lowest BCUT2D eigenvalue weighted by Gasteiger charge is -2.10. The Labute approximate surface area is 110 Å². The van der Waals surface area contributed by atoms with E-state index in [0.29, 0.717) is 18.5 Å². The van der Waals surface area contributed by atoms with Crippen LogP contribution in [0.4, 0.5) is 13.2 Å². The Hall–Kier alpha value is -1.56. The van der Waals surface area contributed by atoms with Gasteiger partial charge in [-0.25, -0.2) is 0 Å². The molecule has 1 amide bonds. The maximum absolute atomic E-state index is 11.9. The first-order valence-corrected chi connectivity index (χ1v) is 6.07. The van der Waals surface area contributed by atoms with Crippen LogP contribution in [0.3, 0.4) is 0 Å². The third-order valence-electron chi connectivity index (χ3n) is 2.60. The van der Waals surface area contributed by atoms with Crippen LogP contribution < -0.4 is 11.1 Å². The van der Waals surface area contributed by atoms with Gasteiger partial charge in [0.1, 0.15) is 0 Å². The van der Waals surface area contributed by atoms with E-state index in [1.807, 2.05) is 0 Å². The number of alkyl halides is 3. The SMILES string of the molecule is NCCc1ccccc1C(=O)NCCCC(F)(F)F. The molecule has 19 heavy (non-hydrogen) atoms. The molecule has 0 unspecified atom stereocenters. The molecule has 0 atom stereocenters. The molecule has 3 nitrogen and oxygen atoms in total. The summed E-state index contributed by atoms with van der Waals surface area (Å²) >= 11 is 0. The number of hydrogen-bond acceptors (Lipinski definition) is 2. The van der Waals surface area contributed by atoms with Crippen molar-refractivity contribution in [2.75, 3.05) is 13.1 Å². The van der Waals surface area contributed by atoms with Crippen molar-refractivity contribution in [2.45, 2.75) is 25.4 Å². The minimum atomic E-state index is -4.18. The van der Waals surface area contributed by atoms with E-state index in [1.54, 1.807) is 24.3 Å². The van der Waals surface area contributed by atoms with Crippen LogP contribution in [-0.2, 0) is 6.42 Å². The highest BCUT2D eigenvalue weighted by Gasteiger charge is 2.26. The summed E-state index contributed by atoms with van der Waals surface area (Å²) in [5.41, 5.74) is 6.72. The molecule has 6 heteroatoms.